The molecule has 1 amide bonds. The molecule has 0 unspecified atom stereocenters. The van der Waals surface area contributed by atoms with Crippen molar-refractivity contribution in [3.8, 4) is 0 Å². The van der Waals surface area contributed by atoms with Gasteiger partial charge in [0.05, 0.1) is 0 Å². The van der Waals surface area contributed by atoms with Crippen molar-refractivity contribution in [2.45, 2.75) is 6.54 Å². The lowest BCUT2D eigenvalue weighted by Crippen LogP contribution is -2.48. The molecule has 0 saturated carbocycles. The van der Waals surface area contributed by atoms with Crippen molar-refractivity contribution in [3.63, 3.8) is 0 Å². The van der Waals surface area contributed by atoms with Crippen molar-refractivity contribution < 1.29 is 4.79 Å². The molecule has 0 radical (unpaired) electrons. The molecular formula is C17H18N4OS. The fraction of sp³-hybridized carbons (Fsp3) is 0.294. The highest BCUT2D eigenvalue weighted by Crippen LogP contribution is 2.17. The van der Waals surface area contributed by atoms with Crippen LogP contribution < -0.4 is 0 Å². The van der Waals surface area contributed by atoms with E-state index in [-0.39, 0.29) is 5.91 Å². The highest BCUT2D eigenvalue weighted by atomic mass is 32.1. The monoisotopic (exact) mass is 326 g/mol. The summed E-state index contributed by atoms with van der Waals surface area (Å²) < 4.78 is 1.88. The number of piperazine rings is 1. The normalized spacial score (nSPS) is 16.1. The van der Waals surface area contributed by atoms with Crippen LogP contribution in [0, 0.1) is 0 Å². The second-order valence-electron chi connectivity index (χ2n) is 5.75. The molecule has 1 aliphatic rings. The van der Waals surface area contributed by atoms with Gasteiger partial charge in [0, 0.05) is 50.5 Å². The average Bonchev–Trinajstić information content (AvgIpc) is 3.19. The van der Waals surface area contributed by atoms with Crippen LogP contribution in [0.25, 0.3) is 4.96 Å². The van der Waals surface area contributed by atoms with Crippen LogP contribution in [0.1, 0.15) is 16.1 Å². The van der Waals surface area contributed by atoms with Crippen LogP contribution >= 0.6 is 11.3 Å². The number of rotatable bonds is 3. The standard InChI is InChI=1S/C17H18N4OS/c22-16(15-13-23-17-18-6-7-21(15)17)20-10-8-19(9-11-20)12-14-4-2-1-3-5-14/h1-7,13H,8-12H2. The molecular weight excluding hydrogens is 308 g/mol. The van der Waals surface area contributed by atoms with E-state index >= 15 is 0 Å². The van der Waals surface area contributed by atoms with E-state index in [1.165, 1.54) is 16.9 Å². The molecule has 0 atom stereocenters. The fourth-order valence-electron chi connectivity index (χ4n) is 2.99. The molecule has 3 heterocycles. The maximum absolute atomic E-state index is 12.7. The Morgan fingerprint density at radius 1 is 1.13 bits per heavy atom. The van der Waals surface area contributed by atoms with Gasteiger partial charge in [-0.2, -0.15) is 0 Å². The van der Waals surface area contributed by atoms with Gasteiger partial charge in [-0.25, -0.2) is 4.98 Å². The number of fused-ring (bicyclic) bond motifs is 1. The minimum Gasteiger partial charge on any atom is -0.335 e. The van der Waals surface area contributed by atoms with E-state index in [1.54, 1.807) is 6.20 Å². The van der Waals surface area contributed by atoms with Crippen molar-refractivity contribution >= 4 is 22.2 Å². The minimum atomic E-state index is 0.105. The Hall–Kier alpha value is -2.18. The lowest BCUT2D eigenvalue weighted by Gasteiger charge is -2.34. The first-order valence-electron chi connectivity index (χ1n) is 7.77. The second-order valence-corrected chi connectivity index (χ2v) is 6.59. The Balaban J connectivity index is 1.39. The summed E-state index contributed by atoms with van der Waals surface area (Å²) in [5.74, 6) is 0.105. The van der Waals surface area contributed by atoms with Crippen molar-refractivity contribution in [1.29, 1.82) is 0 Å². The number of imidazole rings is 1. The largest absolute Gasteiger partial charge is 0.335 e. The number of aromatic nitrogens is 2. The number of hydrogen-bond acceptors (Lipinski definition) is 4. The molecule has 1 saturated heterocycles. The molecule has 0 bridgehead atoms. The summed E-state index contributed by atoms with van der Waals surface area (Å²) in [5.41, 5.74) is 2.05. The highest BCUT2D eigenvalue weighted by Gasteiger charge is 2.24. The van der Waals surface area contributed by atoms with Crippen LogP contribution in [-0.2, 0) is 6.54 Å². The molecule has 0 spiro atoms. The van der Waals surface area contributed by atoms with Crippen molar-refractivity contribution in [2.24, 2.45) is 0 Å². The first kappa shape index (κ1) is 14.4. The molecule has 1 aliphatic heterocycles. The molecule has 2 aromatic heterocycles. The van der Waals surface area contributed by atoms with Gasteiger partial charge >= 0.3 is 0 Å². The molecule has 23 heavy (non-hydrogen) atoms. The van der Waals surface area contributed by atoms with Crippen LogP contribution in [0.3, 0.4) is 0 Å². The van der Waals surface area contributed by atoms with Gasteiger partial charge in [0.25, 0.3) is 5.91 Å². The lowest BCUT2D eigenvalue weighted by molar-refractivity contribution is 0.0622. The number of thiazole rings is 1. The molecule has 1 aromatic carbocycles. The van der Waals surface area contributed by atoms with Gasteiger partial charge in [0.1, 0.15) is 5.69 Å². The van der Waals surface area contributed by atoms with Gasteiger partial charge in [-0.05, 0) is 5.56 Å². The predicted octanol–water partition coefficient (Wildman–Crippen LogP) is 2.35. The van der Waals surface area contributed by atoms with E-state index in [2.05, 4.69) is 34.1 Å². The first-order chi connectivity index (χ1) is 11.3. The number of nitrogens with zero attached hydrogens (tertiary/aromatic N) is 4. The van der Waals surface area contributed by atoms with Gasteiger partial charge in [-0.15, -0.1) is 11.3 Å². The van der Waals surface area contributed by atoms with Gasteiger partial charge < -0.3 is 4.90 Å². The lowest BCUT2D eigenvalue weighted by atomic mass is 10.2. The Bertz CT molecular complexity index is 802. The van der Waals surface area contributed by atoms with E-state index in [0.717, 1.165) is 43.4 Å². The third-order valence-electron chi connectivity index (χ3n) is 4.27. The Kier molecular flexibility index (Phi) is 3.85. The summed E-state index contributed by atoms with van der Waals surface area (Å²) in [6.07, 6.45) is 3.59. The summed E-state index contributed by atoms with van der Waals surface area (Å²) in [6.45, 7) is 4.33. The van der Waals surface area contributed by atoms with Gasteiger partial charge in [-0.1, -0.05) is 30.3 Å². The molecule has 118 valence electrons. The van der Waals surface area contributed by atoms with Crippen LogP contribution in [0.15, 0.2) is 48.1 Å². The number of hydrogen-bond donors (Lipinski definition) is 0. The molecule has 0 aliphatic carbocycles. The van der Waals surface area contributed by atoms with Crippen LogP contribution in [-0.4, -0.2) is 51.3 Å². The topological polar surface area (TPSA) is 40.9 Å². The Labute approximate surface area is 138 Å². The summed E-state index contributed by atoms with van der Waals surface area (Å²) in [6, 6.07) is 10.5. The SMILES string of the molecule is O=C(c1csc2nccn12)N1CCN(Cc2ccccc2)CC1. The van der Waals surface area contributed by atoms with Gasteiger partial charge in [0.15, 0.2) is 4.96 Å². The summed E-state index contributed by atoms with van der Waals surface area (Å²) >= 11 is 1.51. The number of benzene rings is 1. The van der Waals surface area contributed by atoms with Crippen LogP contribution in [0.2, 0.25) is 0 Å². The van der Waals surface area contributed by atoms with E-state index < -0.39 is 0 Å². The predicted molar refractivity (Wildman–Crippen MR) is 90.7 cm³/mol. The molecule has 4 rings (SSSR count). The van der Waals surface area contributed by atoms with Crippen molar-refractivity contribution in [2.75, 3.05) is 26.2 Å². The third kappa shape index (κ3) is 2.87. The fourth-order valence-corrected chi connectivity index (χ4v) is 3.82. The summed E-state index contributed by atoms with van der Waals surface area (Å²) in [5, 5.41) is 1.90. The van der Waals surface area contributed by atoms with Gasteiger partial charge in [0.2, 0.25) is 0 Å². The maximum atomic E-state index is 12.7. The minimum absolute atomic E-state index is 0.105. The average molecular weight is 326 g/mol. The Morgan fingerprint density at radius 2 is 1.91 bits per heavy atom. The molecule has 0 N–H and O–H groups in total. The van der Waals surface area contributed by atoms with E-state index in [1.807, 2.05) is 26.9 Å². The van der Waals surface area contributed by atoms with Crippen molar-refractivity contribution in [1.82, 2.24) is 19.2 Å². The molecule has 5 nitrogen and oxygen atoms in total. The molecule has 6 heteroatoms. The zero-order chi connectivity index (χ0) is 15.6. The zero-order valence-corrected chi connectivity index (χ0v) is 13.6. The number of amides is 1. The number of carbonyl (C=O) groups is 1. The van der Waals surface area contributed by atoms with Crippen LogP contribution in [0.5, 0.6) is 0 Å². The summed E-state index contributed by atoms with van der Waals surface area (Å²) in [4.78, 5) is 22.2. The third-order valence-corrected chi connectivity index (χ3v) is 5.12. The Morgan fingerprint density at radius 3 is 2.70 bits per heavy atom. The van der Waals surface area contributed by atoms with E-state index in [9.17, 15) is 4.79 Å². The van der Waals surface area contributed by atoms with Crippen LogP contribution in [0.4, 0.5) is 0 Å². The van der Waals surface area contributed by atoms with E-state index in [0.29, 0.717) is 0 Å². The van der Waals surface area contributed by atoms with Gasteiger partial charge in [-0.3, -0.25) is 14.1 Å². The smallest absolute Gasteiger partial charge is 0.271 e. The zero-order valence-electron chi connectivity index (χ0n) is 12.8. The first-order valence-corrected chi connectivity index (χ1v) is 8.65. The molecule has 1 fully saturated rings. The van der Waals surface area contributed by atoms with E-state index in [4.69, 9.17) is 0 Å². The maximum Gasteiger partial charge on any atom is 0.271 e. The number of carbonyl (C=O) groups excluding carboxylic acids is 1. The van der Waals surface area contributed by atoms with Crippen molar-refractivity contribution in [3.05, 3.63) is 59.4 Å². The summed E-state index contributed by atoms with van der Waals surface area (Å²) in [7, 11) is 0. The second kappa shape index (κ2) is 6.14. The quantitative estimate of drug-likeness (QED) is 0.742. The molecule has 3 aromatic rings. The highest BCUT2D eigenvalue weighted by molar-refractivity contribution is 7.15.